The Morgan fingerprint density at radius 1 is 1.33 bits per heavy atom. The zero-order valence-corrected chi connectivity index (χ0v) is 14.6. The van der Waals surface area contributed by atoms with Gasteiger partial charge in [0.1, 0.15) is 0 Å². The second kappa shape index (κ2) is 6.22. The Morgan fingerprint density at radius 2 is 1.86 bits per heavy atom. The molecule has 6 nitrogen and oxygen atoms in total. The molecule has 1 aliphatic rings. The molecule has 0 aliphatic heterocycles. The van der Waals surface area contributed by atoms with Gasteiger partial charge in [0.2, 0.25) is 0 Å². The van der Waals surface area contributed by atoms with Crippen molar-refractivity contribution >= 4 is 16.2 Å². The highest BCUT2D eigenvalue weighted by atomic mass is 32.2. The third-order valence-corrected chi connectivity index (χ3v) is 6.93. The van der Waals surface area contributed by atoms with Crippen molar-refractivity contribution < 1.29 is 18.3 Å². The highest BCUT2D eigenvalue weighted by Gasteiger charge is 2.47. The van der Waals surface area contributed by atoms with Crippen LogP contribution in [0.1, 0.15) is 47.5 Å². The molecule has 0 radical (unpaired) electrons. The number of carboxylic acids is 1. The van der Waals surface area contributed by atoms with E-state index in [9.17, 15) is 18.3 Å². The molecular formula is C14H28N2O4S. The first-order valence-corrected chi connectivity index (χ1v) is 8.83. The van der Waals surface area contributed by atoms with Crippen LogP contribution in [0.2, 0.25) is 0 Å². The molecule has 21 heavy (non-hydrogen) atoms. The zero-order chi connectivity index (χ0) is 16.6. The van der Waals surface area contributed by atoms with Crippen molar-refractivity contribution in [3.63, 3.8) is 0 Å². The monoisotopic (exact) mass is 320 g/mol. The van der Waals surface area contributed by atoms with E-state index in [-0.39, 0.29) is 18.0 Å². The van der Waals surface area contributed by atoms with E-state index in [0.717, 1.165) is 0 Å². The molecule has 7 heteroatoms. The summed E-state index contributed by atoms with van der Waals surface area (Å²) in [5.74, 6) is -1.29. The summed E-state index contributed by atoms with van der Waals surface area (Å²) in [4.78, 5) is 11.4. The summed E-state index contributed by atoms with van der Waals surface area (Å²) < 4.78 is 28.7. The number of carboxylic acid groups (broad SMARTS) is 1. The maximum Gasteiger partial charge on any atom is 0.307 e. The van der Waals surface area contributed by atoms with E-state index in [1.165, 1.54) is 4.31 Å². The van der Waals surface area contributed by atoms with Crippen LogP contribution in [0.5, 0.6) is 0 Å². The molecule has 0 bridgehead atoms. The lowest BCUT2D eigenvalue weighted by atomic mass is 9.61. The molecule has 124 valence electrons. The first-order chi connectivity index (χ1) is 9.41. The average molecular weight is 320 g/mol. The normalized spacial score (nSPS) is 29.8. The average Bonchev–Trinajstić information content (AvgIpc) is 2.33. The second-order valence-electron chi connectivity index (χ2n) is 6.92. The van der Waals surface area contributed by atoms with Gasteiger partial charge in [-0.25, -0.2) is 0 Å². The van der Waals surface area contributed by atoms with Gasteiger partial charge < -0.3 is 5.11 Å². The van der Waals surface area contributed by atoms with Crippen molar-refractivity contribution in [2.75, 3.05) is 7.05 Å². The maximum absolute atomic E-state index is 12.3. The summed E-state index contributed by atoms with van der Waals surface area (Å²) in [6.07, 6.45) is 1.04. The van der Waals surface area contributed by atoms with Gasteiger partial charge in [-0.05, 0) is 38.0 Å². The Hall–Kier alpha value is -0.660. The number of nitrogens with zero attached hydrogens (tertiary/aromatic N) is 1. The van der Waals surface area contributed by atoms with E-state index < -0.39 is 27.5 Å². The highest BCUT2D eigenvalue weighted by molar-refractivity contribution is 7.87. The van der Waals surface area contributed by atoms with Gasteiger partial charge in [0.15, 0.2) is 0 Å². The largest absolute Gasteiger partial charge is 0.481 e. The van der Waals surface area contributed by atoms with Gasteiger partial charge in [0, 0.05) is 19.1 Å². The first kappa shape index (κ1) is 18.4. The van der Waals surface area contributed by atoms with Gasteiger partial charge in [-0.2, -0.15) is 17.4 Å². The fraction of sp³-hybridized carbons (Fsp3) is 0.929. The molecule has 2 N–H and O–H groups in total. The Bertz CT molecular complexity index is 487. The molecule has 1 aliphatic carbocycles. The molecule has 3 unspecified atom stereocenters. The summed E-state index contributed by atoms with van der Waals surface area (Å²) in [6, 6.07) is -0.358. The number of hydrogen-bond donors (Lipinski definition) is 2. The minimum Gasteiger partial charge on any atom is -0.481 e. The standard InChI is InChI=1S/C14H28N2O4S/c1-9(2)16(6)21(19,20)15-12-8-7-11(13(17)18)14(4,5)10(12)3/h9-12,15H,7-8H2,1-6H3,(H,17,18). The van der Waals surface area contributed by atoms with Gasteiger partial charge in [0.25, 0.3) is 10.2 Å². The van der Waals surface area contributed by atoms with E-state index in [2.05, 4.69) is 4.72 Å². The first-order valence-electron chi connectivity index (χ1n) is 7.39. The Kier molecular flexibility index (Phi) is 5.45. The van der Waals surface area contributed by atoms with Crippen LogP contribution in [-0.4, -0.2) is 42.9 Å². The molecule has 1 rings (SSSR count). The number of aliphatic carboxylic acids is 1. The lowest BCUT2D eigenvalue weighted by molar-refractivity contribution is -0.150. The van der Waals surface area contributed by atoms with Gasteiger partial charge in [0.05, 0.1) is 5.92 Å². The Morgan fingerprint density at radius 3 is 2.29 bits per heavy atom. The van der Waals surface area contributed by atoms with Crippen LogP contribution in [0.25, 0.3) is 0 Å². The van der Waals surface area contributed by atoms with Crippen molar-refractivity contribution in [2.45, 2.75) is 59.5 Å². The second-order valence-corrected chi connectivity index (χ2v) is 8.68. The SMILES string of the molecule is CC(C)N(C)S(=O)(=O)NC1CCC(C(=O)O)C(C)(C)C1C. The van der Waals surface area contributed by atoms with Crippen LogP contribution in [0.3, 0.4) is 0 Å². The summed E-state index contributed by atoms with van der Waals surface area (Å²) in [7, 11) is -2.00. The van der Waals surface area contributed by atoms with Crippen LogP contribution in [0.4, 0.5) is 0 Å². The molecule has 0 aromatic rings. The summed E-state index contributed by atoms with van der Waals surface area (Å²) in [5.41, 5.74) is -0.451. The summed E-state index contributed by atoms with van der Waals surface area (Å²) >= 11 is 0. The lowest BCUT2D eigenvalue weighted by Gasteiger charge is -2.46. The highest BCUT2D eigenvalue weighted by Crippen LogP contribution is 2.45. The van der Waals surface area contributed by atoms with Gasteiger partial charge >= 0.3 is 5.97 Å². The minimum absolute atomic E-state index is 0.0531. The fourth-order valence-electron chi connectivity index (χ4n) is 2.96. The van der Waals surface area contributed by atoms with E-state index in [4.69, 9.17) is 0 Å². The van der Waals surface area contributed by atoms with E-state index in [1.807, 2.05) is 34.6 Å². The van der Waals surface area contributed by atoms with E-state index in [0.29, 0.717) is 12.8 Å². The van der Waals surface area contributed by atoms with Gasteiger partial charge in [-0.15, -0.1) is 0 Å². The molecule has 3 atom stereocenters. The number of nitrogens with one attached hydrogen (secondary N) is 1. The third kappa shape index (κ3) is 3.76. The number of hydrogen-bond acceptors (Lipinski definition) is 3. The van der Waals surface area contributed by atoms with Gasteiger partial charge in [-0.1, -0.05) is 20.8 Å². The van der Waals surface area contributed by atoms with Crippen molar-refractivity contribution in [1.82, 2.24) is 9.03 Å². The molecule has 0 saturated heterocycles. The van der Waals surface area contributed by atoms with E-state index >= 15 is 0 Å². The summed E-state index contributed by atoms with van der Waals surface area (Å²) in [6.45, 7) is 9.37. The molecule has 0 heterocycles. The molecule has 0 aromatic heterocycles. The van der Waals surface area contributed by atoms with Crippen molar-refractivity contribution in [1.29, 1.82) is 0 Å². The Balaban J connectivity index is 2.91. The molecule has 0 aromatic carbocycles. The third-order valence-electron chi connectivity index (χ3n) is 5.15. The predicted octanol–water partition coefficient (Wildman–Crippen LogP) is 1.69. The molecular weight excluding hydrogens is 292 g/mol. The topological polar surface area (TPSA) is 86.7 Å². The van der Waals surface area contributed by atoms with E-state index in [1.54, 1.807) is 7.05 Å². The molecule has 0 amide bonds. The van der Waals surface area contributed by atoms with Crippen molar-refractivity contribution in [3.05, 3.63) is 0 Å². The Labute approximate surface area is 128 Å². The summed E-state index contributed by atoms with van der Waals surface area (Å²) in [5, 5.41) is 9.32. The zero-order valence-electron chi connectivity index (χ0n) is 13.8. The smallest absolute Gasteiger partial charge is 0.307 e. The predicted molar refractivity (Wildman–Crippen MR) is 82.0 cm³/mol. The van der Waals surface area contributed by atoms with Crippen LogP contribution in [0, 0.1) is 17.3 Å². The lowest BCUT2D eigenvalue weighted by Crippen LogP contribution is -2.55. The molecule has 1 saturated carbocycles. The quantitative estimate of drug-likeness (QED) is 0.807. The van der Waals surface area contributed by atoms with Crippen LogP contribution < -0.4 is 4.72 Å². The van der Waals surface area contributed by atoms with Crippen LogP contribution in [-0.2, 0) is 15.0 Å². The molecule has 1 fully saturated rings. The fourth-order valence-corrected chi connectivity index (χ4v) is 4.38. The van der Waals surface area contributed by atoms with Crippen molar-refractivity contribution in [2.24, 2.45) is 17.3 Å². The number of carbonyl (C=O) groups is 1. The van der Waals surface area contributed by atoms with Crippen LogP contribution >= 0.6 is 0 Å². The molecule has 0 spiro atoms. The number of rotatable bonds is 5. The van der Waals surface area contributed by atoms with Crippen molar-refractivity contribution in [3.8, 4) is 0 Å². The maximum atomic E-state index is 12.3. The van der Waals surface area contributed by atoms with Gasteiger partial charge in [-0.3, -0.25) is 4.79 Å². The minimum atomic E-state index is -3.54. The van der Waals surface area contributed by atoms with Crippen LogP contribution in [0.15, 0.2) is 0 Å².